The zero-order valence-electron chi connectivity index (χ0n) is 11.1. The fraction of sp³-hybridized carbons (Fsp3) is 0.462. The first kappa shape index (κ1) is 14.8. The summed E-state index contributed by atoms with van der Waals surface area (Å²) in [5.74, 6) is -2.06. The fourth-order valence-electron chi connectivity index (χ4n) is 2.65. The third-order valence-electron chi connectivity index (χ3n) is 3.48. The van der Waals surface area contributed by atoms with E-state index in [4.69, 9.17) is 0 Å². The zero-order valence-corrected chi connectivity index (χ0v) is 11.9. The molecule has 6 nitrogen and oxygen atoms in total. The van der Waals surface area contributed by atoms with Crippen molar-refractivity contribution < 1.29 is 24.6 Å². The second kappa shape index (κ2) is 5.41. The van der Waals surface area contributed by atoms with Crippen molar-refractivity contribution in [2.24, 2.45) is 5.92 Å². The molecule has 7 heteroatoms. The lowest BCUT2D eigenvalue weighted by molar-refractivity contribution is -0.161. The quantitative estimate of drug-likeness (QED) is 0.441. The molecule has 0 saturated carbocycles. The van der Waals surface area contributed by atoms with Crippen molar-refractivity contribution >= 4 is 29.9 Å². The van der Waals surface area contributed by atoms with Crippen molar-refractivity contribution in [1.29, 1.82) is 0 Å². The van der Waals surface area contributed by atoms with Crippen LogP contribution in [-0.4, -0.2) is 45.4 Å². The number of carboxylic acid groups (broad SMARTS) is 1. The Morgan fingerprint density at radius 2 is 2.20 bits per heavy atom. The van der Waals surface area contributed by atoms with Crippen LogP contribution in [0, 0.1) is 5.92 Å². The number of rotatable bonds is 5. The summed E-state index contributed by atoms with van der Waals surface area (Å²) in [6.07, 6.45) is 1.59. The molecule has 20 heavy (non-hydrogen) atoms. The standard InChI is InChI=1S/C13H15NO5S/c1-6(3-4-15)20-9-5-8-10(7(2)16)12(17)14(8)11(9)13(18)19/h3-4,7-8,10,16H,5H2,1-2H3,(H,18,19)/t7-,8+,10-/m0/s1. The molecule has 3 atom stereocenters. The predicted octanol–water partition coefficient (Wildman–Crippen LogP) is 0.730. The molecule has 0 radical (unpaired) electrons. The van der Waals surface area contributed by atoms with Gasteiger partial charge in [-0.1, -0.05) is 11.8 Å². The van der Waals surface area contributed by atoms with Crippen molar-refractivity contribution in [2.45, 2.75) is 32.4 Å². The van der Waals surface area contributed by atoms with E-state index in [1.54, 1.807) is 6.92 Å². The van der Waals surface area contributed by atoms with Gasteiger partial charge < -0.3 is 15.1 Å². The van der Waals surface area contributed by atoms with E-state index in [1.807, 2.05) is 0 Å². The van der Waals surface area contributed by atoms with Gasteiger partial charge in [0.25, 0.3) is 0 Å². The summed E-state index contributed by atoms with van der Waals surface area (Å²) in [6, 6.07) is -0.292. The summed E-state index contributed by atoms with van der Waals surface area (Å²) < 4.78 is 0. The average molecular weight is 297 g/mol. The Hall–Kier alpha value is -1.60. The highest BCUT2D eigenvalue weighted by Crippen LogP contribution is 2.48. The van der Waals surface area contributed by atoms with Gasteiger partial charge in [0, 0.05) is 11.3 Å². The molecule has 2 rings (SSSR count). The van der Waals surface area contributed by atoms with Gasteiger partial charge in [-0.05, 0) is 24.8 Å². The summed E-state index contributed by atoms with van der Waals surface area (Å²) in [5.41, 5.74) is -0.0273. The molecule has 1 saturated heterocycles. The third-order valence-corrected chi connectivity index (χ3v) is 4.54. The predicted molar refractivity (Wildman–Crippen MR) is 72.5 cm³/mol. The van der Waals surface area contributed by atoms with Gasteiger partial charge in [-0.3, -0.25) is 9.59 Å². The molecule has 1 fully saturated rings. The summed E-state index contributed by atoms with van der Waals surface area (Å²) in [5, 5.41) is 18.9. The molecule has 0 bridgehead atoms. The van der Waals surface area contributed by atoms with Crippen LogP contribution in [0.15, 0.2) is 21.6 Å². The number of aliphatic carboxylic acids is 1. The SMILES string of the molecule is CC(=CC=O)SC1=C(C(=O)O)N2C(=O)[C@@H]([C@H](C)O)[C@H]2C1. The molecule has 2 aliphatic heterocycles. The van der Waals surface area contributed by atoms with E-state index < -0.39 is 18.0 Å². The van der Waals surface area contributed by atoms with Gasteiger partial charge in [-0.15, -0.1) is 0 Å². The van der Waals surface area contributed by atoms with Gasteiger partial charge in [-0.2, -0.15) is 0 Å². The number of nitrogens with zero attached hydrogens (tertiary/aromatic N) is 1. The number of allylic oxidation sites excluding steroid dienone is 2. The first-order valence-corrected chi connectivity index (χ1v) is 6.97. The van der Waals surface area contributed by atoms with Gasteiger partial charge in [0.15, 0.2) is 0 Å². The van der Waals surface area contributed by atoms with Crippen LogP contribution < -0.4 is 0 Å². The first-order valence-electron chi connectivity index (χ1n) is 6.16. The maximum Gasteiger partial charge on any atom is 0.353 e. The number of aldehydes is 1. The molecule has 0 aromatic carbocycles. The Morgan fingerprint density at radius 3 is 2.70 bits per heavy atom. The largest absolute Gasteiger partial charge is 0.477 e. The highest BCUT2D eigenvalue weighted by molar-refractivity contribution is 8.06. The molecule has 0 aliphatic carbocycles. The molecule has 2 N–H and O–H groups in total. The summed E-state index contributed by atoms with van der Waals surface area (Å²) >= 11 is 1.18. The van der Waals surface area contributed by atoms with E-state index in [2.05, 4.69) is 0 Å². The van der Waals surface area contributed by atoms with E-state index in [0.29, 0.717) is 22.5 Å². The Labute approximate surface area is 120 Å². The van der Waals surface area contributed by atoms with Crippen LogP contribution in [0.2, 0.25) is 0 Å². The molecule has 0 spiro atoms. The molecule has 2 heterocycles. The highest BCUT2D eigenvalue weighted by atomic mass is 32.2. The van der Waals surface area contributed by atoms with Gasteiger partial charge in [0.1, 0.15) is 12.0 Å². The average Bonchev–Trinajstić information content (AvgIpc) is 2.63. The fourth-order valence-corrected chi connectivity index (χ4v) is 3.70. The maximum absolute atomic E-state index is 11.9. The van der Waals surface area contributed by atoms with E-state index >= 15 is 0 Å². The van der Waals surface area contributed by atoms with Crippen molar-refractivity contribution in [3.05, 3.63) is 21.6 Å². The van der Waals surface area contributed by atoms with Crippen molar-refractivity contribution in [2.75, 3.05) is 0 Å². The number of hydrogen-bond acceptors (Lipinski definition) is 5. The molecule has 2 aliphatic rings. The first-order chi connectivity index (χ1) is 9.38. The minimum Gasteiger partial charge on any atom is -0.477 e. The number of carboxylic acids is 1. The number of β-lactam (4-membered cyclic amide) rings is 1. The number of carbonyl (C=O) groups is 3. The molecular weight excluding hydrogens is 282 g/mol. The molecular formula is C13H15NO5S. The van der Waals surface area contributed by atoms with Gasteiger partial charge in [0.05, 0.1) is 18.1 Å². The van der Waals surface area contributed by atoms with Gasteiger partial charge >= 0.3 is 5.97 Å². The van der Waals surface area contributed by atoms with Crippen LogP contribution in [0.25, 0.3) is 0 Å². The molecule has 1 amide bonds. The van der Waals surface area contributed by atoms with Crippen molar-refractivity contribution in [1.82, 2.24) is 4.90 Å². The van der Waals surface area contributed by atoms with Gasteiger partial charge in [0.2, 0.25) is 5.91 Å². The smallest absolute Gasteiger partial charge is 0.353 e. The summed E-state index contributed by atoms with van der Waals surface area (Å²) in [4.78, 5) is 36.2. The number of amides is 1. The van der Waals surface area contributed by atoms with Crippen LogP contribution >= 0.6 is 11.8 Å². The highest BCUT2D eigenvalue weighted by Gasteiger charge is 2.56. The lowest BCUT2D eigenvalue weighted by Crippen LogP contribution is -2.61. The van der Waals surface area contributed by atoms with E-state index in [1.165, 1.54) is 29.7 Å². The topological polar surface area (TPSA) is 94.9 Å². The third kappa shape index (κ3) is 2.27. The monoisotopic (exact) mass is 297 g/mol. The van der Waals surface area contributed by atoms with Crippen LogP contribution in [0.3, 0.4) is 0 Å². The Kier molecular flexibility index (Phi) is 4.01. The number of carbonyl (C=O) groups excluding carboxylic acids is 2. The van der Waals surface area contributed by atoms with E-state index in [0.717, 1.165) is 0 Å². The minimum atomic E-state index is -1.16. The van der Waals surface area contributed by atoms with Crippen LogP contribution in [0.1, 0.15) is 20.3 Å². The molecule has 108 valence electrons. The summed E-state index contributed by atoms with van der Waals surface area (Å²) in [7, 11) is 0. The van der Waals surface area contributed by atoms with Crippen LogP contribution in [0.5, 0.6) is 0 Å². The Balaban J connectivity index is 2.28. The Bertz CT molecular complexity index is 537. The second-order valence-electron chi connectivity index (χ2n) is 4.84. The van der Waals surface area contributed by atoms with Crippen LogP contribution in [-0.2, 0) is 14.4 Å². The van der Waals surface area contributed by atoms with Crippen LogP contribution in [0.4, 0.5) is 0 Å². The van der Waals surface area contributed by atoms with E-state index in [9.17, 15) is 24.6 Å². The number of aliphatic hydroxyl groups excluding tert-OH is 1. The van der Waals surface area contributed by atoms with Crippen molar-refractivity contribution in [3.8, 4) is 0 Å². The lowest BCUT2D eigenvalue weighted by atomic mass is 9.83. The second-order valence-corrected chi connectivity index (χ2v) is 6.18. The lowest BCUT2D eigenvalue weighted by Gasteiger charge is -2.44. The molecule has 0 aromatic rings. The van der Waals surface area contributed by atoms with Gasteiger partial charge in [-0.25, -0.2) is 4.79 Å². The van der Waals surface area contributed by atoms with E-state index in [-0.39, 0.29) is 17.6 Å². The van der Waals surface area contributed by atoms with Crippen molar-refractivity contribution in [3.63, 3.8) is 0 Å². The number of thioether (sulfide) groups is 1. The normalized spacial score (nSPS) is 27.2. The minimum absolute atomic E-state index is 0.0273. The zero-order chi connectivity index (χ0) is 15.0. The molecule has 0 unspecified atom stereocenters. The number of fused-ring (bicyclic) bond motifs is 1. The molecule has 0 aromatic heterocycles. The number of aliphatic hydroxyl groups is 1. The summed E-state index contributed by atoms with van der Waals surface area (Å²) in [6.45, 7) is 3.23. The maximum atomic E-state index is 11.9. The number of hydrogen-bond donors (Lipinski definition) is 2. The Morgan fingerprint density at radius 1 is 1.55 bits per heavy atom.